The third kappa shape index (κ3) is 3.10. The van der Waals surface area contributed by atoms with Crippen molar-refractivity contribution in [1.29, 1.82) is 0 Å². The van der Waals surface area contributed by atoms with Gasteiger partial charge in [0.1, 0.15) is 5.75 Å². The van der Waals surface area contributed by atoms with E-state index >= 15 is 0 Å². The molecule has 0 aliphatic carbocycles. The topological polar surface area (TPSA) is 48.3 Å². The molecule has 1 aromatic carbocycles. The van der Waals surface area contributed by atoms with Crippen LogP contribution in [-0.2, 0) is 13.6 Å². The standard InChI is InChI=1S/C18H24ClN3O2/c1-11(2)16-13(18(23-4)22(3)21-16)10-20-15-8-9-24-17-12(15)6-5-7-14(17)19/h5-7,11,15,20H,8-10H2,1-4H3/t15-/m1/s1. The molecule has 0 saturated heterocycles. The number of aryl methyl sites for hydroxylation is 1. The highest BCUT2D eigenvalue weighted by Crippen LogP contribution is 2.38. The maximum absolute atomic E-state index is 6.26. The van der Waals surface area contributed by atoms with Crippen molar-refractivity contribution < 1.29 is 9.47 Å². The average Bonchev–Trinajstić information content (AvgIpc) is 2.89. The number of aromatic nitrogens is 2. The van der Waals surface area contributed by atoms with Crippen LogP contribution in [0.15, 0.2) is 18.2 Å². The first-order valence-electron chi connectivity index (χ1n) is 8.27. The van der Waals surface area contributed by atoms with Gasteiger partial charge in [0, 0.05) is 31.6 Å². The summed E-state index contributed by atoms with van der Waals surface area (Å²) in [6.45, 7) is 5.65. The van der Waals surface area contributed by atoms with Gasteiger partial charge in [0.2, 0.25) is 5.88 Å². The summed E-state index contributed by atoms with van der Waals surface area (Å²) in [6, 6.07) is 6.11. The number of benzene rings is 1. The molecule has 0 bridgehead atoms. The normalized spacial score (nSPS) is 16.8. The molecule has 130 valence electrons. The highest BCUT2D eigenvalue weighted by atomic mass is 35.5. The molecule has 0 spiro atoms. The molecule has 24 heavy (non-hydrogen) atoms. The molecule has 0 radical (unpaired) electrons. The van der Waals surface area contributed by atoms with Crippen molar-refractivity contribution in [2.45, 2.75) is 38.8 Å². The fourth-order valence-corrected chi connectivity index (χ4v) is 3.52. The number of nitrogens with zero attached hydrogens (tertiary/aromatic N) is 2. The number of hydrogen-bond acceptors (Lipinski definition) is 4. The first-order chi connectivity index (χ1) is 11.5. The Labute approximate surface area is 147 Å². The molecule has 1 aromatic heterocycles. The molecular weight excluding hydrogens is 326 g/mol. The second-order valence-corrected chi connectivity index (χ2v) is 6.79. The number of ether oxygens (including phenoxy) is 2. The van der Waals surface area contributed by atoms with E-state index in [1.165, 1.54) is 0 Å². The van der Waals surface area contributed by atoms with Gasteiger partial charge in [-0.25, -0.2) is 4.68 Å². The molecule has 5 nitrogen and oxygen atoms in total. The lowest BCUT2D eigenvalue weighted by molar-refractivity contribution is 0.252. The predicted octanol–water partition coefficient (Wildman–Crippen LogP) is 3.82. The largest absolute Gasteiger partial charge is 0.492 e. The van der Waals surface area contributed by atoms with Crippen LogP contribution in [0.4, 0.5) is 0 Å². The fourth-order valence-electron chi connectivity index (χ4n) is 3.28. The molecule has 1 aliphatic heterocycles. The number of para-hydroxylation sites is 1. The molecule has 2 heterocycles. The van der Waals surface area contributed by atoms with Gasteiger partial charge in [0.15, 0.2) is 0 Å². The van der Waals surface area contributed by atoms with Crippen molar-refractivity contribution >= 4 is 11.6 Å². The lowest BCUT2D eigenvalue weighted by Gasteiger charge is -2.27. The Morgan fingerprint density at radius 2 is 2.25 bits per heavy atom. The minimum atomic E-state index is 0.206. The lowest BCUT2D eigenvalue weighted by atomic mass is 9.99. The van der Waals surface area contributed by atoms with Crippen LogP contribution >= 0.6 is 11.6 Å². The Morgan fingerprint density at radius 3 is 2.96 bits per heavy atom. The van der Waals surface area contributed by atoms with Crippen LogP contribution in [0.3, 0.4) is 0 Å². The second kappa shape index (κ2) is 7.03. The molecular formula is C18H24ClN3O2. The summed E-state index contributed by atoms with van der Waals surface area (Å²) in [5, 5.41) is 8.91. The van der Waals surface area contributed by atoms with Crippen molar-refractivity contribution in [3.8, 4) is 11.6 Å². The van der Waals surface area contributed by atoms with Crippen molar-refractivity contribution in [1.82, 2.24) is 15.1 Å². The maximum atomic E-state index is 6.26. The molecule has 0 fully saturated rings. The van der Waals surface area contributed by atoms with Gasteiger partial charge in [-0.1, -0.05) is 37.6 Å². The van der Waals surface area contributed by atoms with Gasteiger partial charge in [-0.05, 0) is 12.0 Å². The van der Waals surface area contributed by atoms with E-state index in [2.05, 4.69) is 30.3 Å². The van der Waals surface area contributed by atoms with Gasteiger partial charge in [-0.3, -0.25) is 0 Å². The van der Waals surface area contributed by atoms with Gasteiger partial charge in [-0.15, -0.1) is 0 Å². The average molecular weight is 350 g/mol. The van der Waals surface area contributed by atoms with E-state index in [1.807, 2.05) is 19.2 Å². The van der Waals surface area contributed by atoms with Gasteiger partial charge in [0.25, 0.3) is 0 Å². The van der Waals surface area contributed by atoms with Crippen LogP contribution in [-0.4, -0.2) is 23.5 Å². The smallest absolute Gasteiger partial charge is 0.216 e. The molecule has 0 saturated carbocycles. The van der Waals surface area contributed by atoms with Crippen LogP contribution in [0.2, 0.25) is 5.02 Å². The van der Waals surface area contributed by atoms with E-state index in [9.17, 15) is 0 Å². The number of methoxy groups -OCH3 is 1. The van der Waals surface area contributed by atoms with Crippen LogP contribution in [0, 0.1) is 0 Å². The number of rotatable bonds is 5. The Hall–Kier alpha value is -1.72. The van der Waals surface area contributed by atoms with E-state index in [0.29, 0.717) is 24.1 Å². The summed E-state index contributed by atoms with van der Waals surface area (Å²) in [6.07, 6.45) is 0.910. The summed E-state index contributed by atoms with van der Waals surface area (Å²) >= 11 is 6.26. The van der Waals surface area contributed by atoms with E-state index in [0.717, 1.165) is 34.9 Å². The highest BCUT2D eigenvalue weighted by molar-refractivity contribution is 6.32. The number of fused-ring (bicyclic) bond motifs is 1. The summed E-state index contributed by atoms with van der Waals surface area (Å²) in [5.74, 6) is 1.95. The molecule has 3 rings (SSSR count). The minimum absolute atomic E-state index is 0.206. The molecule has 0 unspecified atom stereocenters. The molecule has 0 amide bonds. The van der Waals surface area contributed by atoms with E-state index in [1.54, 1.807) is 11.8 Å². The third-order valence-electron chi connectivity index (χ3n) is 4.41. The number of nitrogens with one attached hydrogen (secondary N) is 1. The van der Waals surface area contributed by atoms with Gasteiger partial charge in [-0.2, -0.15) is 5.10 Å². The molecule has 1 aliphatic rings. The third-order valence-corrected chi connectivity index (χ3v) is 4.71. The molecule has 2 aromatic rings. The van der Waals surface area contributed by atoms with Crippen molar-refractivity contribution in [2.24, 2.45) is 7.05 Å². The van der Waals surface area contributed by atoms with Crippen LogP contribution in [0.25, 0.3) is 0 Å². The van der Waals surface area contributed by atoms with Gasteiger partial charge < -0.3 is 14.8 Å². The first-order valence-corrected chi connectivity index (χ1v) is 8.65. The van der Waals surface area contributed by atoms with Gasteiger partial charge >= 0.3 is 0 Å². The predicted molar refractivity (Wildman–Crippen MR) is 95.0 cm³/mol. The number of hydrogen-bond donors (Lipinski definition) is 1. The van der Waals surface area contributed by atoms with Crippen molar-refractivity contribution in [3.63, 3.8) is 0 Å². The van der Waals surface area contributed by atoms with Crippen LogP contribution in [0.1, 0.15) is 49.0 Å². The summed E-state index contributed by atoms with van der Waals surface area (Å²) < 4.78 is 13.1. The fraction of sp³-hybridized carbons (Fsp3) is 0.500. The van der Waals surface area contributed by atoms with Crippen molar-refractivity contribution in [3.05, 3.63) is 40.0 Å². The Bertz CT molecular complexity index is 727. The second-order valence-electron chi connectivity index (χ2n) is 6.38. The van der Waals surface area contributed by atoms with E-state index in [-0.39, 0.29) is 6.04 Å². The number of halogens is 1. The zero-order valence-corrected chi connectivity index (χ0v) is 15.4. The Morgan fingerprint density at radius 1 is 1.46 bits per heavy atom. The van der Waals surface area contributed by atoms with E-state index in [4.69, 9.17) is 21.1 Å². The quantitative estimate of drug-likeness (QED) is 0.891. The Balaban J connectivity index is 1.84. The molecule has 1 atom stereocenters. The zero-order valence-electron chi connectivity index (χ0n) is 14.6. The van der Waals surface area contributed by atoms with Crippen LogP contribution in [0.5, 0.6) is 11.6 Å². The van der Waals surface area contributed by atoms with E-state index < -0.39 is 0 Å². The molecule has 6 heteroatoms. The monoisotopic (exact) mass is 349 g/mol. The summed E-state index contributed by atoms with van der Waals surface area (Å²) in [5.41, 5.74) is 3.30. The van der Waals surface area contributed by atoms with Crippen LogP contribution < -0.4 is 14.8 Å². The van der Waals surface area contributed by atoms with Crippen molar-refractivity contribution in [2.75, 3.05) is 13.7 Å². The Kier molecular flexibility index (Phi) is 5.01. The highest BCUT2D eigenvalue weighted by Gasteiger charge is 2.25. The first kappa shape index (κ1) is 17.1. The molecule has 1 N–H and O–H groups in total. The summed E-state index contributed by atoms with van der Waals surface area (Å²) in [7, 11) is 3.60. The maximum Gasteiger partial charge on any atom is 0.216 e. The minimum Gasteiger partial charge on any atom is -0.492 e. The van der Waals surface area contributed by atoms with Gasteiger partial charge in [0.05, 0.1) is 30.0 Å². The summed E-state index contributed by atoms with van der Waals surface area (Å²) in [4.78, 5) is 0. The lowest BCUT2D eigenvalue weighted by Crippen LogP contribution is -2.27. The SMILES string of the molecule is COc1c(CN[C@@H]2CCOc3c(Cl)cccc32)c(C(C)C)nn1C. The zero-order chi connectivity index (χ0) is 17.3.